The Labute approximate surface area is 93.0 Å². The number of methoxy groups -OCH3 is 1. The second-order valence-corrected chi connectivity index (χ2v) is 3.10. The first-order valence-corrected chi connectivity index (χ1v) is 4.58. The zero-order chi connectivity index (χ0) is 12.0. The molecule has 0 spiro atoms. The number of amides is 1. The monoisotopic (exact) mass is 220 g/mol. The second kappa shape index (κ2) is 5.68. The number of nitrogens with two attached hydrogens (primary N) is 1. The van der Waals surface area contributed by atoms with Crippen LogP contribution in [0.5, 0.6) is 0 Å². The van der Waals surface area contributed by atoms with E-state index in [-0.39, 0.29) is 6.61 Å². The van der Waals surface area contributed by atoms with E-state index in [0.29, 0.717) is 11.4 Å². The van der Waals surface area contributed by atoms with Crippen LogP contribution < -0.4 is 11.1 Å². The summed E-state index contributed by atoms with van der Waals surface area (Å²) in [6, 6.07) is 4.51. The summed E-state index contributed by atoms with van der Waals surface area (Å²) in [5, 5.41) is 11.4. The minimum Gasteiger partial charge on any atom is -0.382 e. The summed E-state index contributed by atoms with van der Waals surface area (Å²) in [5.41, 5.74) is 5.62. The molecule has 1 aromatic heterocycles. The zero-order valence-electron chi connectivity index (χ0n) is 8.80. The normalized spacial score (nSPS) is 11.5. The molecule has 6 nitrogen and oxygen atoms in total. The third-order valence-electron chi connectivity index (χ3n) is 1.89. The molecule has 0 aliphatic carbocycles. The Kier molecular flexibility index (Phi) is 4.24. The van der Waals surface area contributed by atoms with E-state index in [0.717, 1.165) is 0 Å². The third kappa shape index (κ3) is 3.22. The maximum atomic E-state index is 11.0. The fraction of sp³-hybridized carbons (Fsp3) is 0.300. The van der Waals surface area contributed by atoms with Crippen LogP contribution in [0.3, 0.4) is 0 Å². The first kappa shape index (κ1) is 11.9. The van der Waals surface area contributed by atoms with Gasteiger partial charge >= 0.3 is 0 Å². The number of carbonyl (C=O) groups is 1. The first-order chi connectivity index (χ1) is 7.67. The van der Waals surface area contributed by atoms with E-state index in [1.807, 2.05) is 6.07 Å². The van der Waals surface area contributed by atoms with Crippen LogP contribution in [-0.2, 0) is 9.53 Å². The molecule has 6 heteroatoms. The lowest BCUT2D eigenvalue weighted by Crippen LogP contribution is -2.39. The molecule has 0 saturated heterocycles. The molecule has 1 atom stereocenters. The number of nitrogens with one attached hydrogen (secondary N) is 1. The predicted molar refractivity (Wildman–Crippen MR) is 57.4 cm³/mol. The van der Waals surface area contributed by atoms with Crippen molar-refractivity contribution in [1.29, 1.82) is 5.26 Å². The standard InChI is InChI=1S/C10H12N4O2/c1-16-6-8(10(12)15)14-9-3-2-7(4-11)5-13-9/h2-3,5,8H,6H2,1H3,(H2,12,15)(H,13,14)/t8-/m0/s1. The Morgan fingerprint density at radius 3 is 2.94 bits per heavy atom. The van der Waals surface area contributed by atoms with Gasteiger partial charge < -0.3 is 15.8 Å². The largest absolute Gasteiger partial charge is 0.382 e. The van der Waals surface area contributed by atoms with E-state index < -0.39 is 11.9 Å². The van der Waals surface area contributed by atoms with Gasteiger partial charge in [0.1, 0.15) is 17.9 Å². The molecule has 1 amide bonds. The fourth-order valence-corrected chi connectivity index (χ4v) is 1.09. The van der Waals surface area contributed by atoms with E-state index in [9.17, 15) is 4.79 Å². The molecule has 0 aromatic carbocycles. The second-order valence-electron chi connectivity index (χ2n) is 3.10. The minimum absolute atomic E-state index is 0.164. The fourth-order valence-electron chi connectivity index (χ4n) is 1.09. The van der Waals surface area contributed by atoms with E-state index in [1.165, 1.54) is 13.3 Å². The number of ether oxygens (including phenoxy) is 1. The van der Waals surface area contributed by atoms with Gasteiger partial charge in [0, 0.05) is 13.3 Å². The number of anilines is 1. The molecule has 1 heterocycles. The summed E-state index contributed by atoms with van der Waals surface area (Å²) in [6.45, 7) is 0.164. The molecule has 84 valence electrons. The molecule has 16 heavy (non-hydrogen) atoms. The van der Waals surface area contributed by atoms with Gasteiger partial charge in [-0.1, -0.05) is 0 Å². The number of hydrogen-bond acceptors (Lipinski definition) is 5. The number of nitriles is 1. The Hall–Kier alpha value is -2.13. The van der Waals surface area contributed by atoms with Crippen molar-refractivity contribution in [3.8, 4) is 6.07 Å². The summed E-state index contributed by atoms with van der Waals surface area (Å²) >= 11 is 0. The molecule has 0 aliphatic heterocycles. The van der Waals surface area contributed by atoms with Crippen molar-refractivity contribution < 1.29 is 9.53 Å². The molecular formula is C10H12N4O2. The van der Waals surface area contributed by atoms with Crippen molar-refractivity contribution >= 4 is 11.7 Å². The van der Waals surface area contributed by atoms with E-state index >= 15 is 0 Å². The Morgan fingerprint density at radius 1 is 1.75 bits per heavy atom. The van der Waals surface area contributed by atoms with E-state index in [1.54, 1.807) is 12.1 Å². The lowest BCUT2D eigenvalue weighted by Gasteiger charge is -2.14. The van der Waals surface area contributed by atoms with Crippen molar-refractivity contribution in [2.45, 2.75) is 6.04 Å². The maximum absolute atomic E-state index is 11.0. The highest BCUT2D eigenvalue weighted by atomic mass is 16.5. The van der Waals surface area contributed by atoms with Gasteiger partial charge in [0.15, 0.2) is 0 Å². The van der Waals surface area contributed by atoms with Gasteiger partial charge in [-0.15, -0.1) is 0 Å². The summed E-state index contributed by atoms with van der Waals surface area (Å²) in [7, 11) is 1.48. The van der Waals surface area contributed by atoms with Gasteiger partial charge in [-0.2, -0.15) is 5.26 Å². The number of pyridine rings is 1. The predicted octanol–water partition coefficient (Wildman–Crippen LogP) is -0.135. The minimum atomic E-state index is -0.634. The third-order valence-corrected chi connectivity index (χ3v) is 1.89. The van der Waals surface area contributed by atoms with Crippen LogP contribution in [0, 0.1) is 11.3 Å². The quantitative estimate of drug-likeness (QED) is 0.719. The van der Waals surface area contributed by atoms with Gasteiger partial charge in [0.05, 0.1) is 12.2 Å². The van der Waals surface area contributed by atoms with Crippen LogP contribution in [0.1, 0.15) is 5.56 Å². The Balaban J connectivity index is 2.70. The lowest BCUT2D eigenvalue weighted by atomic mass is 10.2. The number of hydrogen-bond donors (Lipinski definition) is 2. The van der Waals surface area contributed by atoms with Gasteiger partial charge in [0.2, 0.25) is 5.91 Å². The molecule has 0 radical (unpaired) electrons. The summed E-state index contributed by atoms with van der Waals surface area (Å²) < 4.78 is 4.84. The summed E-state index contributed by atoms with van der Waals surface area (Å²) in [5.74, 6) is -0.0483. The lowest BCUT2D eigenvalue weighted by molar-refractivity contribution is -0.119. The Bertz CT molecular complexity index is 396. The highest BCUT2D eigenvalue weighted by Gasteiger charge is 2.14. The van der Waals surface area contributed by atoms with Crippen LogP contribution in [-0.4, -0.2) is 30.6 Å². The number of aromatic nitrogens is 1. The van der Waals surface area contributed by atoms with Crippen molar-refractivity contribution in [2.24, 2.45) is 5.73 Å². The van der Waals surface area contributed by atoms with E-state index in [4.69, 9.17) is 15.7 Å². The van der Waals surface area contributed by atoms with Crippen molar-refractivity contribution in [2.75, 3.05) is 19.0 Å². The highest BCUT2D eigenvalue weighted by molar-refractivity contribution is 5.82. The average molecular weight is 220 g/mol. The summed E-state index contributed by atoms with van der Waals surface area (Å²) in [4.78, 5) is 15.0. The van der Waals surface area contributed by atoms with Gasteiger partial charge in [0.25, 0.3) is 0 Å². The van der Waals surface area contributed by atoms with Crippen LogP contribution in [0.4, 0.5) is 5.82 Å². The molecule has 0 fully saturated rings. The van der Waals surface area contributed by atoms with Crippen LogP contribution in [0.25, 0.3) is 0 Å². The molecule has 3 N–H and O–H groups in total. The van der Waals surface area contributed by atoms with Crippen molar-refractivity contribution in [3.63, 3.8) is 0 Å². The van der Waals surface area contributed by atoms with Gasteiger partial charge in [-0.25, -0.2) is 4.98 Å². The zero-order valence-corrected chi connectivity index (χ0v) is 8.80. The molecule has 0 unspecified atom stereocenters. The molecule has 0 aliphatic rings. The molecular weight excluding hydrogens is 208 g/mol. The number of rotatable bonds is 5. The Morgan fingerprint density at radius 2 is 2.50 bits per heavy atom. The van der Waals surface area contributed by atoms with Gasteiger partial charge in [-0.3, -0.25) is 4.79 Å². The van der Waals surface area contributed by atoms with Crippen LogP contribution in [0.2, 0.25) is 0 Å². The molecule has 1 rings (SSSR count). The molecule has 1 aromatic rings. The van der Waals surface area contributed by atoms with Crippen LogP contribution in [0.15, 0.2) is 18.3 Å². The first-order valence-electron chi connectivity index (χ1n) is 4.58. The molecule has 0 bridgehead atoms. The highest BCUT2D eigenvalue weighted by Crippen LogP contribution is 2.05. The maximum Gasteiger partial charge on any atom is 0.242 e. The number of carbonyl (C=O) groups excluding carboxylic acids is 1. The SMILES string of the molecule is COC[C@H](Nc1ccc(C#N)cn1)C(N)=O. The topological polar surface area (TPSA) is 101 Å². The van der Waals surface area contributed by atoms with E-state index in [2.05, 4.69) is 10.3 Å². The summed E-state index contributed by atoms with van der Waals surface area (Å²) in [6.07, 6.45) is 1.41. The average Bonchev–Trinajstić information content (AvgIpc) is 2.29. The smallest absolute Gasteiger partial charge is 0.242 e. The van der Waals surface area contributed by atoms with Crippen molar-refractivity contribution in [3.05, 3.63) is 23.9 Å². The number of nitrogens with zero attached hydrogens (tertiary/aromatic N) is 2. The number of primary amides is 1. The van der Waals surface area contributed by atoms with Gasteiger partial charge in [-0.05, 0) is 12.1 Å². The molecule has 0 saturated carbocycles. The van der Waals surface area contributed by atoms with Crippen molar-refractivity contribution in [1.82, 2.24) is 4.98 Å². The van der Waals surface area contributed by atoms with Crippen LogP contribution >= 0.6 is 0 Å².